The highest BCUT2D eigenvalue weighted by atomic mass is 32.2. The number of pyridine rings is 1. The molecule has 1 N–H and O–H groups in total. The van der Waals surface area contributed by atoms with Gasteiger partial charge in [0.2, 0.25) is 0 Å². The first-order valence-electron chi connectivity index (χ1n) is 6.21. The Morgan fingerprint density at radius 3 is 2.67 bits per heavy atom. The number of rotatable bonds is 3. The lowest BCUT2D eigenvalue weighted by Gasteiger charge is -2.34. The molecule has 18 heavy (non-hydrogen) atoms. The van der Waals surface area contributed by atoms with Crippen LogP contribution >= 0.6 is 11.8 Å². The molecule has 2 aliphatic rings. The van der Waals surface area contributed by atoms with Crippen molar-refractivity contribution in [3.05, 3.63) is 28.2 Å². The molecular formula is C13H14N2O2S. The maximum atomic E-state index is 12.2. The maximum Gasteiger partial charge on any atom is 0.265 e. The van der Waals surface area contributed by atoms with Gasteiger partial charge in [-0.3, -0.25) is 4.79 Å². The summed E-state index contributed by atoms with van der Waals surface area (Å²) in [5.41, 5.74) is 0.987. The van der Waals surface area contributed by atoms with E-state index in [0.717, 1.165) is 43.0 Å². The molecule has 2 atom stereocenters. The van der Waals surface area contributed by atoms with Crippen LogP contribution in [0.2, 0.25) is 0 Å². The highest BCUT2D eigenvalue weighted by molar-refractivity contribution is 8.03. The Kier molecular flexibility index (Phi) is 2.92. The van der Waals surface area contributed by atoms with E-state index in [0.29, 0.717) is 10.8 Å². The van der Waals surface area contributed by atoms with Crippen LogP contribution in [0.1, 0.15) is 43.2 Å². The fourth-order valence-electron chi connectivity index (χ4n) is 2.39. The van der Waals surface area contributed by atoms with E-state index in [2.05, 4.69) is 0 Å². The van der Waals surface area contributed by atoms with Crippen LogP contribution in [0.25, 0.3) is 0 Å². The Labute approximate surface area is 109 Å². The number of hydrogen-bond acceptors (Lipinski definition) is 4. The molecule has 2 aliphatic carbocycles. The quantitative estimate of drug-likeness (QED) is 0.668. The maximum absolute atomic E-state index is 12.2. The lowest BCUT2D eigenvalue weighted by molar-refractivity contribution is 0.0293. The second kappa shape index (κ2) is 4.45. The van der Waals surface area contributed by atoms with Crippen LogP contribution in [-0.4, -0.2) is 15.8 Å². The minimum atomic E-state index is -0.419. The molecule has 2 saturated carbocycles. The van der Waals surface area contributed by atoms with Crippen molar-refractivity contribution >= 4 is 11.8 Å². The second-order valence-electron chi connectivity index (χ2n) is 5.03. The van der Waals surface area contributed by atoms with E-state index < -0.39 is 6.10 Å². The number of hydrogen-bond donors (Lipinski definition) is 1. The Hall–Kier alpha value is -1.25. The number of aromatic nitrogens is 1. The molecule has 0 aromatic carbocycles. The van der Waals surface area contributed by atoms with E-state index in [4.69, 9.17) is 5.26 Å². The smallest absolute Gasteiger partial charge is 0.265 e. The highest BCUT2D eigenvalue weighted by Crippen LogP contribution is 2.41. The Balaban J connectivity index is 2.05. The van der Waals surface area contributed by atoms with Crippen LogP contribution in [0.15, 0.2) is 22.0 Å². The van der Waals surface area contributed by atoms with Crippen molar-refractivity contribution in [1.82, 2.24) is 4.57 Å². The standard InChI is InChI=1S/C13H14N2O2S/c14-7-18-12-5-9(8-1-2-8)6-15(13(12)17)10-3-4-11(10)16/h5-6,8,10-11,16H,1-4H2/t10?,11-/m1/s1. The third-order valence-corrected chi connectivity index (χ3v) is 4.40. The molecule has 94 valence electrons. The Bertz CT molecular complexity index is 571. The molecule has 1 unspecified atom stereocenters. The van der Waals surface area contributed by atoms with E-state index >= 15 is 0 Å². The fourth-order valence-corrected chi connectivity index (χ4v) is 2.88. The van der Waals surface area contributed by atoms with Gasteiger partial charge in [0.15, 0.2) is 0 Å². The molecule has 0 spiro atoms. The van der Waals surface area contributed by atoms with Gasteiger partial charge in [-0.05, 0) is 55.0 Å². The van der Waals surface area contributed by atoms with Crippen molar-refractivity contribution in [3.8, 4) is 5.40 Å². The first-order valence-corrected chi connectivity index (χ1v) is 7.02. The predicted octanol–water partition coefficient (Wildman–Crippen LogP) is 1.99. The SMILES string of the molecule is N#CSc1cc(C2CC2)cn(C2CC[C@H]2O)c1=O. The van der Waals surface area contributed by atoms with Crippen molar-refractivity contribution in [2.24, 2.45) is 0 Å². The minimum absolute atomic E-state index is 0.103. The summed E-state index contributed by atoms with van der Waals surface area (Å²) in [5.74, 6) is 0.534. The summed E-state index contributed by atoms with van der Waals surface area (Å²) in [6.07, 6.45) is 5.37. The first kappa shape index (κ1) is 11.8. The molecule has 1 aromatic rings. The molecule has 0 saturated heterocycles. The molecule has 5 heteroatoms. The Morgan fingerprint density at radius 1 is 1.39 bits per heavy atom. The average molecular weight is 262 g/mol. The zero-order chi connectivity index (χ0) is 12.7. The van der Waals surface area contributed by atoms with Gasteiger partial charge in [-0.15, -0.1) is 0 Å². The summed E-state index contributed by atoms with van der Waals surface area (Å²) in [6.45, 7) is 0. The minimum Gasteiger partial charge on any atom is -0.391 e. The Morgan fingerprint density at radius 2 is 2.17 bits per heavy atom. The van der Waals surface area contributed by atoms with E-state index in [-0.39, 0.29) is 11.6 Å². The molecule has 0 amide bonds. The number of aliphatic hydroxyl groups excluding tert-OH is 1. The van der Waals surface area contributed by atoms with Crippen molar-refractivity contribution in [1.29, 1.82) is 5.26 Å². The van der Waals surface area contributed by atoms with Gasteiger partial charge < -0.3 is 9.67 Å². The van der Waals surface area contributed by atoms with Gasteiger partial charge in [0, 0.05) is 6.20 Å². The molecular weight excluding hydrogens is 248 g/mol. The highest BCUT2D eigenvalue weighted by Gasteiger charge is 2.33. The van der Waals surface area contributed by atoms with Crippen LogP contribution in [-0.2, 0) is 0 Å². The number of nitrogens with zero attached hydrogens (tertiary/aromatic N) is 2. The van der Waals surface area contributed by atoms with Crippen LogP contribution in [0, 0.1) is 10.7 Å². The van der Waals surface area contributed by atoms with Crippen molar-refractivity contribution in [3.63, 3.8) is 0 Å². The monoisotopic (exact) mass is 262 g/mol. The van der Waals surface area contributed by atoms with Crippen molar-refractivity contribution in [2.45, 2.75) is 48.6 Å². The summed E-state index contributed by atoms with van der Waals surface area (Å²) in [4.78, 5) is 12.7. The molecule has 0 bridgehead atoms. The first-order chi connectivity index (χ1) is 8.70. The zero-order valence-corrected chi connectivity index (χ0v) is 10.7. The van der Waals surface area contributed by atoms with Gasteiger partial charge in [-0.1, -0.05) is 0 Å². The number of nitriles is 1. The summed E-state index contributed by atoms with van der Waals surface area (Å²) in [7, 11) is 0. The number of thioether (sulfide) groups is 1. The van der Waals surface area contributed by atoms with Crippen LogP contribution in [0.4, 0.5) is 0 Å². The van der Waals surface area contributed by atoms with Crippen molar-refractivity contribution < 1.29 is 5.11 Å². The fraction of sp³-hybridized carbons (Fsp3) is 0.538. The van der Waals surface area contributed by atoms with Gasteiger partial charge in [-0.2, -0.15) is 5.26 Å². The van der Waals surface area contributed by atoms with Gasteiger partial charge in [0.1, 0.15) is 5.40 Å². The van der Waals surface area contributed by atoms with E-state index in [1.165, 1.54) is 0 Å². The third kappa shape index (κ3) is 1.96. The van der Waals surface area contributed by atoms with Crippen LogP contribution in [0.5, 0.6) is 0 Å². The summed E-state index contributed by atoms with van der Waals surface area (Å²) >= 11 is 0.919. The van der Waals surface area contributed by atoms with E-state index in [1.54, 1.807) is 4.57 Å². The van der Waals surface area contributed by atoms with Gasteiger partial charge >= 0.3 is 0 Å². The third-order valence-electron chi connectivity index (χ3n) is 3.80. The molecule has 0 radical (unpaired) electrons. The van der Waals surface area contributed by atoms with Gasteiger partial charge in [0.05, 0.1) is 17.0 Å². The second-order valence-corrected chi connectivity index (χ2v) is 5.86. The molecule has 4 nitrogen and oxygen atoms in total. The van der Waals surface area contributed by atoms with E-state index in [9.17, 15) is 9.90 Å². The molecule has 2 fully saturated rings. The largest absolute Gasteiger partial charge is 0.391 e. The lowest BCUT2D eigenvalue weighted by atomic mass is 9.89. The topological polar surface area (TPSA) is 66.0 Å². The van der Waals surface area contributed by atoms with Crippen LogP contribution < -0.4 is 5.56 Å². The molecule has 1 heterocycles. The summed E-state index contributed by atoms with van der Waals surface area (Å²) in [6, 6.07) is 1.74. The molecule has 0 aliphatic heterocycles. The average Bonchev–Trinajstić information content (AvgIpc) is 3.16. The number of thiocyanates is 1. The predicted molar refractivity (Wildman–Crippen MR) is 68.4 cm³/mol. The summed E-state index contributed by atoms with van der Waals surface area (Å²) < 4.78 is 1.64. The van der Waals surface area contributed by atoms with Gasteiger partial charge in [-0.25, -0.2) is 0 Å². The van der Waals surface area contributed by atoms with Gasteiger partial charge in [0.25, 0.3) is 5.56 Å². The van der Waals surface area contributed by atoms with E-state index in [1.807, 2.05) is 17.7 Å². The lowest BCUT2D eigenvalue weighted by Crippen LogP contribution is -2.39. The van der Waals surface area contributed by atoms with Crippen molar-refractivity contribution in [2.75, 3.05) is 0 Å². The molecule has 1 aromatic heterocycles. The molecule has 3 rings (SSSR count). The zero-order valence-electron chi connectivity index (χ0n) is 9.87. The number of aliphatic hydroxyl groups is 1. The van der Waals surface area contributed by atoms with Crippen LogP contribution in [0.3, 0.4) is 0 Å². The summed E-state index contributed by atoms with van der Waals surface area (Å²) in [5, 5.41) is 20.4. The normalized spacial score (nSPS) is 26.4.